The SMILES string of the molecule is Cc1cc(I)c(C#N)cc1I. The quantitative estimate of drug-likeness (QED) is 0.645. The van der Waals surface area contributed by atoms with Crippen molar-refractivity contribution in [2.45, 2.75) is 6.92 Å². The van der Waals surface area contributed by atoms with Crippen LogP contribution in [0.1, 0.15) is 11.1 Å². The molecule has 11 heavy (non-hydrogen) atoms. The fourth-order valence-electron chi connectivity index (χ4n) is 0.732. The van der Waals surface area contributed by atoms with Gasteiger partial charge in [0.1, 0.15) is 6.07 Å². The highest BCUT2D eigenvalue weighted by Gasteiger charge is 2.01. The molecule has 1 nitrogen and oxygen atoms in total. The molecule has 0 saturated heterocycles. The van der Waals surface area contributed by atoms with Gasteiger partial charge in [-0.25, -0.2) is 0 Å². The van der Waals surface area contributed by atoms with Crippen molar-refractivity contribution in [1.29, 1.82) is 5.26 Å². The minimum absolute atomic E-state index is 0.764. The van der Waals surface area contributed by atoms with Crippen molar-refractivity contribution in [1.82, 2.24) is 0 Å². The van der Waals surface area contributed by atoms with Gasteiger partial charge in [0.15, 0.2) is 0 Å². The monoisotopic (exact) mass is 369 g/mol. The lowest BCUT2D eigenvalue weighted by Crippen LogP contribution is -1.86. The molecular formula is C8H5I2N. The van der Waals surface area contributed by atoms with Gasteiger partial charge in [0.25, 0.3) is 0 Å². The van der Waals surface area contributed by atoms with Gasteiger partial charge in [-0.05, 0) is 69.8 Å². The lowest BCUT2D eigenvalue weighted by Gasteiger charge is -1.99. The molecule has 0 amide bonds. The molecule has 1 rings (SSSR count). The Balaban J connectivity index is 3.35. The van der Waals surface area contributed by atoms with E-state index in [0.717, 1.165) is 12.7 Å². The molecule has 0 aliphatic carbocycles. The third kappa shape index (κ3) is 2.06. The van der Waals surface area contributed by atoms with Crippen molar-refractivity contribution in [2.75, 3.05) is 0 Å². The molecule has 0 N–H and O–H groups in total. The fourth-order valence-corrected chi connectivity index (χ4v) is 1.94. The minimum atomic E-state index is 0.764. The highest BCUT2D eigenvalue weighted by molar-refractivity contribution is 14.1. The van der Waals surface area contributed by atoms with Gasteiger partial charge in [-0.1, -0.05) is 0 Å². The van der Waals surface area contributed by atoms with E-state index in [2.05, 4.69) is 51.3 Å². The van der Waals surface area contributed by atoms with E-state index in [-0.39, 0.29) is 0 Å². The van der Waals surface area contributed by atoms with Crippen LogP contribution >= 0.6 is 45.2 Å². The number of nitriles is 1. The molecule has 0 aliphatic heterocycles. The maximum Gasteiger partial charge on any atom is 0.100 e. The summed E-state index contributed by atoms with van der Waals surface area (Å²) in [5.74, 6) is 0. The first kappa shape index (κ1) is 9.26. The van der Waals surface area contributed by atoms with Crippen LogP contribution in [0.3, 0.4) is 0 Å². The third-order valence-corrected chi connectivity index (χ3v) is 3.42. The summed E-state index contributed by atoms with van der Waals surface area (Å²) in [7, 11) is 0. The number of hydrogen-bond acceptors (Lipinski definition) is 1. The van der Waals surface area contributed by atoms with Crippen molar-refractivity contribution in [3.63, 3.8) is 0 Å². The third-order valence-electron chi connectivity index (χ3n) is 1.37. The predicted octanol–water partition coefficient (Wildman–Crippen LogP) is 3.08. The van der Waals surface area contributed by atoms with Gasteiger partial charge < -0.3 is 0 Å². The predicted molar refractivity (Wildman–Crippen MR) is 61.3 cm³/mol. The first-order chi connectivity index (χ1) is 5.15. The normalized spacial score (nSPS) is 9.27. The first-order valence-corrected chi connectivity index (χ1v) is 5.16. The minimum Gasteiger partial charge on any atom is -0.192 e. The zero-order valence-electron chi connectivity index (χ0n) is 5.86. The molecule has 0 aromatic heterocycles. The number of hydrogen-bond donors (Lipinski definition) is 0. The average molecular weight is 369 g/mol. The Morgan fingerprint density at radius 3 is 2.45 bits per heavy atom. The Bertz CT molecular complexity index is 326. The number of benzene rings is 1. The zero-order valence-corrected chi connectivity index (χ0v) is 10.2. The van der Waals surface area contributed by atoms with Gasteiger partial charge in [0, 0.05) is 7.14 Å². The smallest absolute Gasteiger partial charge is 0.100 e. The van der Waals surface area contributed by atoms with Gasteiger partial charge in [-0.15, -0.1) is 0 Å². The maximum atomic E-state index is 8.68. The fraction of sp³-hybridized carbons (Fsp3) is 0.125. The molecule has 1 aromatic carbocycles. The molecule has 0 bridgehead atoms. The van der Waals surface area contributed by atoms with Crippen molar-refractivity contribution >= 4 is 45.2 Å². The van der Waals surface area contributed by atoms with Crippen LogP contribution in [-0.2, 0) is 0 Å². The summed E-state index contributed by atoms with van der Waals surface area (Å²) in [5, 5.41) is 8.68. The summed E-state index contributed by atoms with van der Waals surface area (Å²) >= 11 is 4.41. The molecule has 0 radical (unpaired) electrons. The Labute approximate surface area is 93.1 Å². The van der Waals surface area contributed by atoms with Gasteiger partial charge in [-0.2, -0.15) is 5.26 Å². The Morgan fingerprint density at radius 1 is 1.27 bits per heavy atom. The summed E-state index contributed by atoms with van der Waals surface area (Å²) < 4.78 is 2.18. The molecule has 3 heteroatoms. The van der Waals surface area contributed by atoms with E-state index in [1.165, 1.54) is 5.56 Å². The largest absolute Gasteiger partial charge is 0.192 e. The van der Waals surface area contributed by atoms with E-state index < -0.39 is 0 Å². The van der Waals surface area contributed by atoms with Crippen LogP contribution in [0.25, 0.3) is 0 Å². The van der Waals surface area contributed by atoms with Gasteiger partial charge in [-0.3, -0.25) is 0 Å². The van der Waals surface area contributed by atoms with Crippen molar-refractivity contribution in [3.8, 4) is 6.07 Å². The summed E-state index contributed by atoms with van der Waals surface area (Å²) in [6, 6.07) is 6.09. The molecule has 0 saturated carbocycles. The molecule has 0 fully saturated rings. The maximum absolute atomic E-state index is 8.68. The average Bonchev–Trinajstić information content (AvgIpc) is 1.97. The van der Waals surface area contributed by atoms with E-state index in [0.29, 0.717) is 0 Å². The van der Waals surface area contributed by atoms with Gasteiger partial charge >= 0.3 is 0 Å². The lowest BCUT2D eigenvalue weighted by molar-refractivity contribution is 1.37. The van der Waals surface area contributed by atoms with E-state index in [1.807, 2.05) is 19.1 Å². The topological polar surface area (TPSA) is 23.8 Å². The number of rotatable bonds is 0. The Hall–Kier alpha value is 0.170. The molecule has 0 aliphatic rings. The first-order valence-electron chi connectivity index (χ1n) is 3.01. The van der Waals surface area contributed by atoms with Crippen molar-refractivity contribution in [2.24, 2.45) is 0 Å². The molecule has 1 aromatic rings. The number of halogens is 2. The lowest BCUT2D eigenvalue weighted by atomic mass is 10.2. The highest BCUT2D eigenvalue weighted by atomic mass is 127. The molecule has 0 spiro atoms. The van der Waals surface area contributed by atoms with Crippen LogP contribution < -0.4 is 0 Å². The van der Waals surface area contributed by atoms with Crippen molar-refractivity contribution in [3.05, 3.63) is 30.4 Å². The summed E-state index contributed by atoms with van der Waals surface area (Å²) in [5.41, 5.74) is 2.00. The number of aryl methyl sites for hydroxylation is 1. The summed E-state index contributed by atoms with van der Waals surface area (Å²) in [6.07, 6.45) is 0. The second kappa shape index (κ2) is 3.72. The van der Waals surface area contributed by atoms with E-state index in [1.54, 1.807) is 0 Å². The standard InChI is InChI=1S/C8H5I2N/c1-5-2-8(10)6(4-11)3-7(5)9/h2-3H,1H3. The molecule has 0 heterocycles. The Morgan fingerprint density at radius 2 is 1.91 bits per heavy atom. The highest BCUT2D eigenvalue weighted by Crippen LogP contribution is 2.18. The molecule has 0 atom stereocenters. The van der Waals surface area contributed by atoms with E-state index >= 15 is 0 Å². The van der Waals surface area contributed by atoms with E-state index in [4.69, 9.17) is 5.26 Å². The van der Waals surface area contributed by atoms with Crippen LogP contribution in [0, 0.1) is 25.4 Å². The van der Waals surface area contributed by atoms with Crippen LogP contribution in [0.2, 0.25) is 0 Å². The molecule has 0 unspecified atom stereocenters. The summed E-state index contributed by atoms with van der Waals surface area (Å²) in [6.45, 7) is 2.05. The van der Waals surface area contributed by atoms with Crippen molar-refractivity contribution < 1.29 is 0 Å². The van der Waals surface area contributed by atoms with Crippen LogP contribution in [-0.4, -0.2) is 0 Å². The second-order valence-electron chi connectivity index (χ2n) is 2.19. The zero-order chi connectivity index (χ0) is 8.43. The summed E-state index contributed by atoms with van der Waals surface area (Å²) in [4.78, 5) is 0. The van der Waals surface area contributed by atoms with Crippen LogP contribution in [0.4, 0.5) is 0 Å². The van der Waals surface area contributed by atoms with E-state index in [9.17, 15) is 0 Å². The van der Waals surface area contributed by atoms with Crippen LogP contribution in [0.15, 0.2) is 12.1 Å². The van der Waals surface area contributed by atoms with Crippen LogP contribution in [0.5, 0.6) is 0 Å². The molecular weight excluding hydrogens is 364 g/mol. The molecule has 56 valence electrons. The Kier molecular flexibility index (Phi) is 3.13. The van der Waals surface area contributed by atoms with Gasteiger partial charge in [0.05, 0.1) is 5.56 Å². The number of nitrogens with zero attached hydrogens (tertiary/aromatic N) is 1. The second-order valence-corrected chi connectivity index (χ2v) is 4.52. The van der Waals surface area contributed by atoms with Gasteiger partial charge in [0.2, 0.25) is 0 Å².